The molecule has 0 aliphatic carbocycles. The van der Waals surface area contributed by atoms with Gasteiger partial charge in [0.1, 0.15) is 5.75 Å². The van der Waals surface area contributed by atoms with Crippen LogP contribution in [0.5, 0.6) is 5.75 Å². The van der Waals surface area contributed by atoms with Gasteiger partial charge in [0.25, 0.3) is 0 Å². The van der Waals surface area contributed by atoms with Gasteiger partial charge in [-0.05, 0) is 41.2 Å². The molecule has 3 nitrogen and oxygen atoms in total. The van der Waals surface area contributed by atoms with E-state index in [1.165, 1.54) is 0 Å². The number of ether oxygens (including phenoxy) is 1. The van der Waals surface area contributed by atoms with Crippen LogP contribution in [0.4, 0.5) is 0 Å². The summed E-state index contributed by atoms with van der Waals surface area (Å²) in [6.45, 7) is 8.34. The molecular weight excluding hydrogens is 214 g/mol. The van der Waals surface area contributed by atoms with E-state index in [9.17, 15) is 5.11 Å². The average Bonchev–Trinajstić information content (AvgIpc) is 2.25. The second-order valence-electron chi connectivity index (χ2n) is 5.45. The van der Waals surface area contributed by atoms with Gasteiger partial charge in [-0.3, -0.25) is 0 Å². The maximum absolute atomic E-state index is 9.18. The highest BCUT2D eigenvalue weighted by molar-refractivity contribution is 5.46. The Balaban J connectivity index is 3.38. The quantitative estimate of drug-likeness (QED) is 0.848. The highest BCUT2D eigenvalue weighted by Gasteiger charge is 2.21. The largest absolute Gasteiger partial charge is 0.496 e. The third-order valence-corrected chi connectivity index (χ3v) is 2.99. The first-order chi connectivity index (χ1) is 7.81. The molecule has 0 amide bonds. The van der Waals surface area contributed by atoms with Crippen LogP contribution >= 0.6 is 0 Å². The SMILES string of the molecule is COc1cc(C)c(C(N)CO)cc1C(C)(C)C. The van der Waals surface area contributed by atoms with Crippen LogP contribution in [0.2, 0.25) is 0 Å². The van der Waals surface area contributed by atoms with Crippen molar-refractivity contribution >= 4 is 0 Å². The molecule has 0 fully saturated rings. The van der Waals surface area contributed by atoms with E-state index in [0.717, 1.165) is 22.4 Å². The van der Waals surface area contributed by atoms with E-state index in [0.29, 0.717) is 0 Å². The molecule has 17 heavy (non-hydrogen) atoms. The van der Waals surface area contributed by atoms with Gasteiger partial charge in [-0.15, -0.1) is 0 Å². The number of hydrogen-bond donors (Lipinski definition) is 2. The molecule has 0 saturated heterocycles. The summed E-state index contributed by atoms with van der Waals surface area (Å²) in [5.41, 5.74) is 9.05. The van der Waals surface area contributed by atoms with Crippen LogP contribution in [0.25, 0.3) is 0 Å². The molecule has 0 saturated carbocycles. The molecule has 1 rings (SSSR count). The predicted molar refractivity (Wildman–Crippen MR) is 70.4 cm³/mol. The topological polar surface area (TPSA) is 55.5 Å². The number of aryl methyl sites for hydroxylation is 1. The van der Waals surface area contributed by atoms with Crippen molar-refractivity contribution in [2.24, 2.45) is 5.73 Å². The molecule has 1 aromatic carbocycles. The van der Waals surface area contributed by atoms with Crippen LogP contribution in [-0.4, -0.2) is 18.8 Å². The summed E-state index contributed by atoms with van der Waals surface area (Å²) in [6.07, 6.45) is 0. The van der Waals surface area contributed by atoms with Gasteiger partial charge in [-0.25, -0.2) is 0 Å². The van der Waals surface area contributed by atoms with Crippen LogP contribution < -0.4 is 10.5 Å². The molecule has 1 unspecified atom stereocenters. The van der Waals surface area contributed by atoms with E-state index in [4.69, 9.17) is 10.5 Å². The molecule has 0 aromatic heterocycles. The standard InChI is InChI=1S/C14H23NO2/c1-9-6-13(17-5)11(14(2,3)4)7-10(9)12(15)8-16/h6-7,12,16H,8,15H2,1-5H3. The van der Waals surface area contributed by atoms with Gasteiger partial charge in [0.2, 0.25) is 0 Å². The minimum Gasteiger partial charge on any atom is -0.496 e. The molecule has 0 heterocycles. The average molecular weight is 237 g/mol. The van der Waals surface area contributed by atoms with Crippen molar-refractivity contribution in [2.45, 2.75) is 39.2 Å². The van der Waals surface area contributed by atoms with E-state index in [-0.39, 0.29) is 18.1 Å². The molecule has 3 heteroatoms. The van der Waals surface area contributed by atoms with E-state index in [1.807, 2.05) is 13.0 Å². The smallest absolute Gasteiger partial charge is 0.122 e. The van der Waals surface area contributed by atoms with Crippen molar-refractivity contribution < 1.29 is 9.84 Å². The normalized spacial score (nSPS) is 13.6. The zero-order valence-corrected chi connectivity index (χ0v) is 11.4. The molecule has 0 radical (unpaired) electrons. The lowest BCUT2D eigenvalue weighted by Gasteiger charge is -2.25. The number of methoxy groups -OCH3 is 1. The lowest BCUT2D eigenvalue weighted by atomic mass is 9.83. The molecule has 0 spiro atoms. The summed E-state index contributed by atoms with van der Waals surface area (Å²) in [7, 11) is 1.68. The highest BCUT2D eigenvalue weighted by Crippen LogP contribution is 2.34. The van der Waals surface area contributed by atoms with Crippen molar-refractivity contribution in [3.05, 3.63) is 28.8 Å². The van der Waals surface area contributed by atoms with Gasteiger partial charge in [-0.2, -0.15) is 0 Å². The van der Waals surface area contributed by atoms with Crippen molar-refractivity contribution in [1.82, 2.24) is 0 Å². The third kappa shape index (κ3) is 2.99. The van der Waals surface area contributed by atoms with E-state index >= 15 is 0 Å². The summed E-state index contributed by atoms with van der Waals surface area (Å²) in [5.74, 6) is 0.879. The Morgan fingerprint density at radius 2 is 1.94 bits per heavy atom. The fourth-order valence-corrected chi connectivity index (χ4v) is 1.95. The third-order valence-electron chi connectivity index (χ3n) is 2.99. The Kier molecular flexibility index (Phi) is 4.17. The van der Waals surface area contributed by atoms with E-state index in [2.05, 4.69) is 26.8 Å². The number of aliphatic hydroxyl groups excluding tert-OH is 1. The number of nitrogens with two attached hydrogens (primary N) is 1. The van der Waals surface area contributed by atoms with Gasteiger partial charge in [0.05, 0.1) is 19.8 Å². The fraction of sp³-hybridized carbons (Fsp3) is 0.571. The first kappa shape index (κ1) is 14.0. The van der Waals surface area contributed by atoms with Gasteiger partial charge in [0.15, 0.2) is 0 Å². The second kappa shape index (κ2) is 5.07. The van der Waals surface area contributed by atoms with Crippen LogP contribution in [-0.2, 0) is 5.41 Å². The van der Waals surface area contributed by atoms with Crippen molar-refractivity contribution in [3.8, 4) is 5.75 Å². The Labute approximate surface area is 104 Å². The Bertz CT molecular complexity index is 394. The lowest BCUT2D eigenvalue weighted by molar-refractivity contribution is 0.267. The summed E-state index contributed by atoms with van der Waals surface area (Å²) < 4.78 is 5.42. The number of hydrogen-bond acceptors (Lipinski definition) is 3. The van der Waals surface area contributed by atoms with Crippen molar-refractivity contribution in [1.29, 1.82) is 0 Å². The van der Waals surface area contributed by atoms with Crippen molar-refractivity contribution in [2.75, 3.05) is 13.7 Å². The summed E-state index contributed by atoms with van der Waals surface area (Å²) in [5, 5.41) is 9.18. The number of benzene rings is 1. The molecule has 1 aromatic rings. The van der Waals surface area contributed by atoms with E-state index in [1.54, 1.807) is 7.11 Å². The Morgan fingerprint density at radius 3 is 2.35 bits per heavy atom. The zero-order chi connectivity index (χ0) is 13.2. The van der Waals surface area contributed by atoms with Crippen LogP contribution in [0.3, 0.4) is 0 Å². The minimum atomic E-state index is -0.331. The number of aliphatic hydroxyl groups is 1. The first-order valence-corrected chi connectivity index (χ1v) is 5.86. The Morgan fingerprint density at radius 1 is 1.35 bits per heavy atom. The van der Waals surface area contributed by atoms with Crippen molar-refractivity contribution in [3.63, 3.8) is 0 Å². The van der Waals surface area contributed by atoms with Crippen LogP contribution in [0.15, 0.2) is 12.1 Å². The maximum atomic E-state index is 9.18. The van der Waals surface area contributed by atoms with Gasteiger partial charge >= 0.3 is 0 Å². The molecular formula is C14H23NO2. The first-order valence-electron chi connectivity index (χ1n) is 5.86. The van der Waals surface area contributed by atoms with Crippen LogP contribution in [0.1, 0.15) is 43.5 Å². The Hall–Kier alpha value is -1.06. The minimum absolute atomic E-state index is 0.0109. The molecule has 96 valence electrons. The molecule has 0 aliphatic heterocycles. The van der Waals surface area contributed by atoms with Gasteiger partial charge < -0.3 is 15.6 Å². The summed E-state index contributed by atoms with van der Waals surface area (Å²) >= 11 is 0. The molecule has 3 N–H and O–H groups in total. The maximum Gasteiger partial charge on any atom is 0.122 e. The molecule has 0 aliphatic rings. The highest BCUT2D eigenvalue weighted by atomic mass is 16.5. The second-order valence-corrected chi connectivity index (χ2v) is 5.45. The van der Waals surface area contributed by atoms with Gasteiger partial charge in [0, 0.05) is 0 Å². The number of rotatable bonds is 3. The molecule has 1 atom stereocenters. The lowest BCUT2D eigenvalue weighted by Crippen LogP contribution is -2.19. The summed E-state index contributed by atoms with van der Waals surface area (Å²) in [6, 6.07) is 3.71. The zero-order valence-electron chi connectivity index (χ0n) is 11.4. The predicted octanol–water partition coefficient (Wildman–Crippen LogP) is 2.29. The fourth-order valence-electron chi connectivity index (χ4n) is 1.95. The van der Waals surface area contributed by atoms with E-state index < -0.39 is 0 Å². The summed E-state index contributed by atoms with van der Waals surface area (Å²) in [4.78, 5) is 0. The molecule has 0 bridgehead atoms. The van der Waals surface area contributed by atoms with Crippen LogP contribution in [0, 0.1) is 6.92 Å². The monoisotopic (exact) mass is 237 g/mol. The van der Waals surface area contributed by atoms with Gasteiger partial charge in [-0.1, -0.05) is 20.8 Å².